The summed E-state index contributed by atoms with van der Waals surface area (Å²) in [6, 6.07) is 15.6. The maximum absolute atomic E-state index is 12.9. The molecule has 0 saturated heterocycles. The summed E-state index contributed by atoms with van der Waals surface area (Å²) in [5.74, 6) is 0.846. The highest BCUT2D eigenvalue weighted by Gasteiger charge is 2.17. The van der Waals surface area contributed by atoms with Crippen molar-refractivity contribution in [1.82, 2.24) is 4.90 Å². The number of thiophene rings is 1. The number of amides is 1. The number of hydrogen-bond donors (Lipinski definition) is 0. The van der Waals surface area contributed by atoms with Crippen molar-refractivity contribution < 1.29 is 9.21 Å². The van der Waals surface area contributed by atoms with Crippen molar-refractivity contribution in [3.63, 3.8) is 0 Å². The van der Waals surface area contributed by atoms with Crippen LogP contribution < -0.4 is 0 Å². The van der Waals surface area contributed by atoms with E-state index in [0.29, 0.717) is 13.1 Å². The predicted octanol–water partition coefficient (Wildman–Crippen LogP) is 4.53. The molecule has 2 aromatic heterocycles. The fraction of sp³-hybridized carbons (Fsp3) is 0.211. The van der Waals surface area contributed by atoms with Crippen LogP contribution in [0.15, 0.2) is 64.6 Å². The highest BCUT2D eigenvalue weighted by molar-refractivity contribution is 7.09. The monoisotopic (exact) mass is 325 g/mol. The van der Waals surface area contributed by atoms with Crippen molar-refractivity contribution >= 4 is 17.2 Å². The number of carbonyl (C=O) groups excluding carboxylic acids is 1. The molecule has 1 amide bonds. The molecule has 0 saturated carbocycles. The van der Waals surface area contributed by atoms with Crippen LogP contribution in [0.3, 0.4) is 0 Å². The normalized spacial score (nSPS) is 10.7. The van der Waals surface area contributed by atoms with Crippen LogP contribution in [0.1, 0.15) is 26.6 Å². The largest absolute Gasteiger partial charge is 0.467 e. The van der Waals surface area contributed by atoms with E-state index in [1.54, 1.807) is 17.6 Å². The van der Waals surface area contributed by atoms with Crippen molar-refractivity contribution in [2.24, 2.45) is 0 Å². The van der Waals surface area contributed by atoms with Gasteiger partial charge in [0, 0.05) is 17.0 Å². The molecular formula is C19H19NO2S. The number of carbonyl (C=O) groups is 1. The van der Waals surface area contributed by atoms with E-state index in [1.165, 1.54) is 4.88 Å². The lowest BCUT2D eigenvalue weighted by atomic mass is 10.1. The Labute approximate surface area is 140 Å². The summed E-state index contributed by atoms with van der Waals surface area (Å²) in [5, 5.41) is 2.06. The molecule has 0 N–H and O–H groups in total. The topological polar surface area (TPSA) is 33.5 Å². The van der Waals surface area contributed by atoms with Crippen molar-refractivity contribution in [3.8, 4) is 0 Å². The summed E-state index contributed by atoms with van der Waals surface area (Å²) >= 11 is 1.72. The molecule has 0 atom stereocenters. The highest BCUT2D eigenvalue weighted by atomic mass is 32.1. The Morgan fingerprint density at radius 3 is 2.78 bits per heavy atom. The fourth-order valence-corrected chi connectivity index (χ4v) is 3.20. The molecule has 1 aromatic carbocycles. The third-order valence-electron chi connectivity index (χ3n) is 3.69. The number of aryl methyl sites for hydroxylation is 1. The van der Waals surface area contributed by atoms with Gasteiger partial charge in [-0.2, -0.15) is 0 Å². The predicted molar refractivity (Wildman–Crippen MR) is 92.7 cm³/mol. The van der Waals surface area contributed by atoms with Gasteiger partial charge in [0.05, 0.1) is 12.8 Å². The molecule has 0 aliphatic rings. The number of furan rings is 1. The second-order valence-electron chi connectivity index (χ2n) is 5.50. The molecule has 0 bridgehead atoms. The molecule has 3 aromatic rings. The lowest BCUT2D eigenvalue weighted by Gasteiger charge is -2.22. The second-order valence-corrected chi connectivity index (χ2v) is 6.54. The van der Waals surface area contributed by atoms with Gasteiger partial charge in [-0.25, -0.2) is 0 Å². The van der Waals surface area contributed by atoms with Gasteiger partial charge in [-0.3, -0.25) is 4.79 Å². The van der Waals surface area contributed by atoms with Gasteiger partial charge in [0.1, 0.15) is 5.76 Å². The summed E-state index contributed by atoms with van der Waals surface area (Å²) in [7, 11) is 0. The zero-order valence-electron chi connectivity index (χ0n) is 13.1. The van der Waals surface area contributed by atoms with Crippen LogP contribution in [0.2, 0.25) is 0 Å². The first kappa shape index (κ1) is 15.6. The van der Waals surface area contributed by atoms with Gasteiger partial charge in [-0.1, -0.05) is 23.8 Å². The van der Waals surface area contributed by atoms with Crippen molar-refractivity contribution in [1.29, 1.82) is 0 Å². The Balaban J connectivity index is 1.77. The Bertz CT molecular complexity index is 748. The van der Waals surface area contributed by atoms with Crippen LogP contribution >= 0.6 is 11.3 Å². The van der Waals surface area contributed by atoms with Crippen LogP contribution in [0.5, 0.6) is 0 Å². The highest BCUT2D eigenvalue weighted by Crippen LogP contribution is 2.15. The molecule has 2 heterocycles. The Morgan fingerprint density at radius 1 is 1.17 bits per heavy atom. The summed E-state index contributed by atoms with van der Waals surface area (Å²) in [6.07, 6.45) is 2.50. The van der Waals surface area contributed by atoms with Crippen LogP contribution in [-0.2, 0) is 13.0 Å². The average Bonchev–Trinajstić information content (AvgIpc) is 3.24. The van der Waals surface area contributed by atoms with Gasteiger partial charge in [-0.15, -0.1) is 11.3 Å². The van der Waals surface area contributed by atoms with E-state index < -0.39 is 0 Å². The van der Waals surface area contributed by atoms with Crippen molar-refractivity contribution in [3.05, 3.63) is 81.9 Å². The maximum Gasteiger partial charge on any atom is 0.254 e. The zero-order chi connectivity index (χ0) is 16.1. The fourth-order valence-electron chi connectivity index (χ4n) is 2.50. The van der Waals surface area contributed by atoms with E-state index in [1.807, 2.05) is 54.3 Å². The molecule has 0 aliphatic heterocycles. The molecule has 0 radical (unpaired) electrons. The minimum atomic E-state index is 0.0432. The Kier molecular flexibility index (Phi) is 4.93. The standard InChI is InChI=1S/C19H19NO2S/c1-15-5-2-6-16(13-15)19(21)20(14-17-7-3-11-22-17)10-9-18-8-4-12-23-18/h2-8,11-13H,9-10,14H2,1H3. The summed E-state index contributed by atoms with van der Waals surface area (Å²) in [4.78, 5) is 16.0. The Morgan fingerprint density at radius 2 is 2.09 bits per heavy atom. The number of hydrogen-bond acceptors (Lipinski definition) is 3. The number of rotatable bonds is 6. The smallest absolute Gasteiger partial charge is 0.254 e. The minimum absolute atomic E-state index is 0.0432. The molecule has 0 spiro atoms. The van der Waals surface area contributed by atoms with Crippen LogP contribution in [0.4, 0.5) is 0 Å². The molecule has 23 heavy (non-hydrogen) atoms. The van der Waals surface area contributed by atoms with Crippen molar-refractivity contribution in [2.75, 3.05) is 6.54 Å². The first-order valence-electron chi connectivity index (χ1n) is 7.63. The van der Waals surface area contributed by atoms with Crippen LogP contribution in [-0.4, -0.2) is 17.4 Å². The first-order valence-corrected chi connectivity index (χ1v) is 8.51. The number of benzene rings is 1. The van der Waals surface area contributed by atoms with Crippen molar-refractivity contribution in [2.45, 2.75) is 19.9 Å². The molecule has 3 nitrogen and oxygen atoms in total. The van der Waals surface area contributed by atoms with E-state index in [2.05, 4.69) is 11.4 Å². The maximum atomic E-state index is 12.9. The Hall–Kier alpha value is -2.33. The lowest BCUT2D eigenvalue weighted by molar-refractivity contribution is 0.0733. The third-order valence-corrected chi connectivity index (χ3v) is 4.62. The SMILES string of the molecule is Cc1cccc(C(=O)N(CCc2cccs2)Cc2ccco2)c1. The zero-order valence-corrected chi connectivity index (χ0v) is 13.9. The first-order chi connectivity index (χ1) is 11.2. The lowest BCUT2D eigenvalue weighted by Crippen LogP contribution is -2.32. The summed E-state index contributed by atoms with van der Waals surface area (Å²) < 4.78 is 5.42. The third kappa shape index (κ3) is 4.11. The van der Waals surface area contributed by atoms with Gasteiger partial charge < -0.3 is 9.32 Å². The molecule has 3 rings (SSSR count). The van der Waals surface area contributed by atoms with E-state index in [4.69, 9.17) is 4.42 Å². The van der Waals surface area contributed by atoms with Crippen LogP contribution in [0, 0.1) is 6.92 Å². The number of nitrogens with zero attached hydrogens (tertiary/aromatic N) is 1. The van der Waals surface area contributed by atoms with Gasteiger partial charge in [0.2, 0.25) is 0 Å². The molecular weight excluding hydrogens is 306 g/mol. The van der Waals surface area contributed by atoms with E-state index in [-0.39, 0.29) is 5.91 Å². The average molecular weight is 325 g/mol. The summed E-state index contributed by atoms with van der Waals surface area (Å²) in [6.45, 7) is 3.17. The van der Waals surface area contributed by atoms with E-state index in [9.17, 15) is 4.79 Å². The second kappa shape index (κ2) is 7.29. The molecule has 4 heteroatoms. The minimum Gasteiger partial charge on any atom is -0.467 e. The quantitative estimate of drug-likeness (QED) is 0.667. The van der Waals surface area contributed by atoms with E-state index >= 15 is 0 Å². The molecule has 0 unspecified atom stereocenters. The van der Waals surface area contributed by atoms with Gasteiger partial charge >= 0.3 is 0 Å². The van der Waals surface area contributed by atoms with Crippen LogP contribution in [0.25, 0.3) is 0 Å². The molecule has 0 fully saturated rings. The van der Waals surface area contributed by atoms with Gasteiger partial charge in [-0.05, 0) is 49.1 Å². The molecule has 0 aliphatic carbocycles. The summed E-state index contributed by atoms with van der Waals surface area (Å²) in [5.41, 5.74) is 1.81. The van der Waals surface area contributed by atoms with E-state index in [0.717, 1.165) is 23.3 Å². The molecule has 118 valence electrons. The van der Waals surface area contributed by atoms with Gasteiger partial charge in [0.15, 0.2) is 0 Å². The van der Waals surface area contributed by atoms with Gasteiger partial charge in [0.25, 0.3) is 5.91 Å².